The minimum Gasteiger partial charge on any atom is -0.370 e. The van der Waals surface area contributed by atoms with E-state index in [2.05, 4.69) is 67.6 Å². The Morgan fingerprint density at radius 1 is 1.25 bits per heavy atom. The minimum absolute atomic E-state index is 0.142. The van der Waals surface area contributed by atoms with Crippen molar-refractivity contribution in [3.05, 3.63) is 35.9 Å². The Kier molecular flexibility index (Phi) is 5.76. The summed E-state index contributed by atoms with van der Waals surface area (Å²) in [5, 5.41) is 0. The van der Waals surface area contributed by atoms with Crippen molar-refractivity contribution in [2.75, 3.05) is 11.0 Å². The van der Waals surface area contributed by atoms with Gasteiger partial charge in [0.1, 0.15) is 0 Å². The summed E-state index contributed by atoms with van der Waals surface area (Å²) in [4.78, 5) is 0. The van der Waals surface area contributed by atoms with Crippen LogP contribution in [0.25, 0.3) is 0 Å². The molecule has 1 aromatic rings. The number of halogens is 1. The Labute approximate surface area is 113 Å². The van der Waals surface area contributed by atoms with Crippen molar-refractivity contribution in [3.63, 3.8) is 0 Å². The molecular formula is C14H21IO. The van der Waals surface area contributed by atoms with Gasteiger partial charge in [-0.25, -0.2) is 0 Å². The van der Waals surface area contributed by atoms with Crippen molar-refractivity contribution in [2.45, 2.75) is 32.8 Å². The first kappa shape index (κ1) is 14.0. The molecule has 0 aliphatic rings. The Bertz CT molecular complexity index is 297. The van der Waals surface area contributed by atoms with Crippen LogP contribution in [-0.2, 0) is 10.3 Å². The molecule has 1 unspecified atom stereocenters. The average molecular weight is 332 g/mol. The van der Waals surface area contributed by atoms with E-state index in [0.29, 0.717) is 5.92 Å². The van der Waals surface area contributed by atoms with Gasteiger partial charge in [0.25, 0.3) is 0 Å². The van der Waals surface area contributed by atoms with Gasteiger partial charge in [0, 0.05) is 11.0 Å². The third kappa shape index (κ3) is 4.06. The monoisotopic (exact) mass is 332 g/mol. The molecule has 0 radical (unpaired) electrons. The van der Waals surface area contributed by atoms with Gasteiger partial charge in [0.2, 0.25) is 0 Å². The molecule has 0 aliphatic heterocycles. The topological polar surface area (TPSA) is 9.23 Å². The Hall–Kier alpha value is -0.0900. The molecule has 0 N–H and O–H groups in total. The van der Waals surface area contributed by atoms with Gasteiger partial charge >= 0.3 is 0 Å². The maximum absolute atomic E-state index is 6.07. The van der Waals surface area contributed by atoms with Gasteiger partial charge < -0.3 is 4.74 Å². The van der Waals surface area contributed by atoms with Gasteiger partial charge in [-0.3, -0.25) is 0 Å². The van der Waals surface area contributed by atoms with Crippen molar-refractivity contribution < 1.29 is 4.74 Å². The molecule has 0 heterocycles. The molecule has 0 aromatic heterocycles. The summed E-state index contributed by atoms with van der Waals surface area (Å²) in [5.41, 5.74) is 1.13. The largest absolute Gasteiger partial charge is 0.370 e. The molecule has 16 heavy (non-hydrogen) atoms. The highest BCUT2D eigenvalue weighted by Crippen LogP contribution is 2.28. The maximum Gasteiger partial charge on any atom is 0.0992 e. The molecule has 0 saturated carbocycles. The second-order valence-electron chi connectivity index (χ2n) is 4.76. The Morgan fingerprint density at radius 3 is 2.38 bits per heavy atom. The zero-order valence-corrected chi connectivity index (χ0v) is 12.5. The maximum atomic E-state index is 6.07. The lowest BCUT2D eigenvalue weighted by Crippen LogP contribution is -2.28. The average Bonchev–Trinajstić information content (AvgIpc) is 2.29. The minimum atomic E-state index is -0.142. The van der Waals surface area contributed by atoms with E-state index >= 15 is 0 Å². The van der Waals surface area contributed by atoms with Crippen molar-refractivity contribution in [1.82, 2.24) is 0 Å². The fourth-order valence-electron chi connectivity index (χ4n) is 1.51. The van der Waals surface area contributed by atoms with Crippen LogP contribution in [0.1, 0.15) is 32.8 Å². The first-order valence-electron chi connectivity index (χ1n) is 5.84. The summed E-state index contributed by atoms with van der Waals surface area (Å²) in [6.07, 6.45) is 1.12. The van der Waals surface area contributed by atoms with E-state index < -0.39 is 0 Å². The molecule has 1 atom stereocenters. The van der Waals surface area contributed by atoms with E-state index in [1.807, 2.05) is 6.07 Å². The smallest absolute Gasteiger partial charge is 0.0992 e. The van der Waals surface area contributed by atoms with Gasteiger partial charge in [0.05, 0.1) is 5.60 Å². The highest BCUT2D eigenvalue weighted by molar-refractivity contribution is 14.1. The quantitative estimate of drug-likeness (QED) is 0.554. The molecule has 0 bridgehead atoms. The summed E-state index contributed by atoms with van der Waals surface area (Å²) in [7, 11) is 0. The number of benzene rings is 1. The summed E-state index contributed by atoms with van der Waals surface area (Å²) in [6.45, 7) is 7.47. The molecule has 0 amide bonds. The van der Waals surface area contributed by atoms with Crippen LogP contribution in [0.4, 0.5) is 0 Å². The van der Waals surface area contributed by atoms with Gasteiger partial charge in [0.15, 0.2) is 0 Å². The summed E-state index contributed by atoms with van der Waals surface area (Å²) in [6, 6.07) is 10.5. The first-order chi connectivity index (χ1) is 7.58. The van der Waals surface area contributed by atoms with Gasteiger partial charge in [-0.2, -0.15) is 0 Å². The number of hydrogen-bond acceptors (Lipinski definition) is 1. The van der Waals surface area contributed by atoms with Gasteiger partial charge in [-0.1, -0.05) is 66.8 Å². The number of hydrogen-bond donors (Lipinski definition) is 0. The number of rotatable bonds is 6. The predicted molar refractivity (Wildman–Crippen MR) is 78.1 cm³/mol. The van der Waals surface area contributed by atoms with Crippen LogP contribution in [0.2, 0.25) is 0 Å². The van der Waals surface area contributed by atoms with E-state index in [0.717, 1.165) is 17.5 Å². The second-order valence-corrected chi connectivity index (χ2v) is 5.52. The molecule has 0 saturated heterocycles. The molecule has 1 aromatic carbocycles. The van der Waals surface area contributed by atoms with Crippen molar-refractivity contribution in [1.29, 1.82) is 0 Å². The molecular weight excluding hydrogens is 311 g/mol. The zero-order chi connectivity index (χ0) is 12.0. The predicted octanol–water partition coefficient (Wildman–Crippen LogP) is 4.40. The van der Waals surface area contributed by atoms with Gasteiger partial charge in [-0.15, -0.1) is 0 Å². The summed E-state index contributed by atoms with van der Waals surface area (Å²) >= 11 is 2.40. The van der Waals surface area contributed by atoms with Crippen LogP contribution < -0.4 is 0 Å². The lowest BCUT2D eigenvalue weighted by atomic mass is 9.98. The van der Waals surface area contributed by atoms with Crippen LogP contribution in [0, 0.1) is 5.92 Å². The van der Waals surface area contributed by atoms with Crippen LogP contribution >= 0.6 is 22.6 Å². The van der Waals surface area contributed by atoms with Crippen LogP contribution in [0.5, 0.6) is 0 Å². The molecule has 1 rings (SSSR count). The second kappa shape index (κ2) is 6.60. The van der Waals surface area contributed by atoms with Crippen LogP contribution in [0.3, 0.4) is 0 Å². The molecule has 2 heteroatoms. The van der Waals surface area contributed by atoms with Gasteiger partial charge in [-0.05, 0) is 24.8 Å². The fraction of sp³-hybridized carbons (Fsp3) is 0.571. The standard InChI is InChI=1S/C14H21IO/c1-12(2)9-10-16-14(3,11-15)13-7-5-4-6-8-13/h4-8,12H,9-11H2,1-3H3. The normalized spacial score (nSPS) is 15.1. The van der Waals surface area contributed by atoms with E-state index in [9.17, 15) is 0 Å². The summed E-state index contributed by atoms with van der Waals surface area (Å²) in [5.74, 6) is 0.703. The van der Waals surface area contributed by atoms with Crippen LogP contribution in [-0.4, -0.2) is 11.0 Å². The van der Waals surface area contributed by atoms with Crippen molar-refractivity contribution in [3.8, 4) is 0 Å². The lowest BCUT2D eigenvalue weighted by molar-refractivity contribution is -0.0201. The van der Waals surface area contributed by atoms with E-state index in [1.165, 1.54) is 5.56 Å². The van der Waals surface area contributed by atoms with E-state index in [4.69, 9.17) is 4.74 Å². The van der Waals surface area contributed by atoms with Crippen molar-refractivity contribution in [2.24, 2.45) is 5.92 Å². The number of alkyl halides is 1. The third-order valence-electron chi connectivity index (χ3n) is 2.76. The SMILES string of the molecule is CC(C)CCOC(C)(CI)c1ccccc1. The van der Waals surface area contributed by atoms with E-state index in [-0.39, 0.29) is 5.60 Å². The molecule has 90 valence electrons. The number of ether oxygens (including phenoxy) is 1. The fourth-order valence-corrected chi connectivity index (χ4v) is 2.17. The Balaban J connectivity index is 2.63. The highest BCUT2D eigenvalue weighted by atomic mass is 127. The lowest BCUT2D eigenvalue weighted by Gasteiger charge is -2.29. The molecule has 0 spiro atoms. The zero-order valence-electron chi connectivity index (χ0n) is 10.4. The Morgan fingerprint density at radius 2 is 1.88 bits per heavy atom. The molecule has 0 fully saturated rings. The summed E-state index contributed by atoms with van der Waals surface area (Å²) < 4.78 is 7.05. The van der Waals surface area contributed by atoms with Crippen molar-refractivity contribution >= 4 is 22.6 Å². The van der Waals surface area contributed by atoms with Crippen LogP contribution in [0.15, 0.2) is 30.3 Å². The van der Waals surface area contributed by atoms with E-state index in [1.54, 1.807) is 0 Å². The molecule has 0 aliphatic carbocycles. The first-order valence-corrected chi connectivity index (χ1v) is 7.36. The highest BCUT2D eigenvalue weighted by Gasteiger charge is 2.25. The third-order valence-corrected chi connectivity index (χ3v) is 4.21. The molecule has 1 nitrogen and oxygen atoms in total.